The van der Waals surface area contributed by atoms with Crippen LogP contribution in [0.3, 0.4) is 0 Å². The highest BCUT2D eigenvalue weighted by Gasteiger charge is 2.19. The monoisotopic (exact) mass is 362 g/mol. The molecular weight excluding hydrogens is 340 g/mol. The molecule has 0 N–H and O–H groups in total. The van der Waals surface area contributed by atoms with Crippen molar-refractivity contribution in [2.24, 2.45) is 5.10 Å². The Kier molecular flexibility index (Phi) is 5.10. The highest BCUT2D eigenvalue weighted by Crippen LogP contribution is 2.35. The van der Waals surface area contributed by atoms with Gasteiger partial charge in [-0.2, -0.15) is 5.10 Å². The maximum absolute atomic E-state index is 5.39. The summed E-state index contributed by atoms with van der Waals surface area (Å²) in [7, 11) is 0. The number of piperidine rings is 1. The molecule has 0 aliphatic carbocycles. The Morgan fingerprint density at radius 3 is 2.71 bits per heavy atom. The molecule has 2 aromatic heterocycles. The average molecular weight is 363 g/mol. The van der Waals surface area contributed by atoms with Crippen LogP contribution in [0.4, 0.5) is 5.13 Å². The fourth-order valence-corrected chi connectivity index (χ4v) is 4.81. The Hall–Kier alpha value is -1.44. The molecule has 0 atom stereocenters. The molecule has 2 saturated heterocycles. The lowest BCUT2D eigenvalue weighted by Gasteiger charge is -2.25. The van der Waals surface area contributed by atoms with Crippen molar-refractivity contribution in [3.63, 3.8) is 0 Å². The Morgan fingerprint density at radius 2 is 1.96 bits per heavy atom. The lowest BCUT2D eigenvalue weighted by Crippen LogP contribution is -2.32. The topological polar surface area (TPSA) is 41.0 Å². The molecule has 24 heavy (non-hydrogen) atoms. The fourth-order valence-electron chi connectivity index (χ4n) is 3.02. The predicted octanol–water partition coefficient (Wildman–Crippen LogP) is 3.53. The average Bonchev–Trinajstić information content (AvgIpc) is 3.31. The summed E-state index contributed by atoms with van der Waals surface area (Å²) in [6.45, 7) is 5.49. The number of thiazole rings is 1. The first-order valence-electron chi connectivity index (χ1n) is 8.56. The van der Waals surface area contributed by atoms with E-state index in [1.54, 1.807) is 22.7 Å². The molecule has 0 aromatic carbocycles. The molecule has 7 heteroatoms. The molecule has 4 rings (SSSR count). The third-order valence-electron chi connectivity index (χ3n) is 4.35. The summed E-state index contributed by atoms with van der Waals surface area (Å²) in [5.74, 6) is 0. The zero-order valence-electron chi connectivity index (χ0n) is 13.7. The van der Waals surface area contributed by atoms with E-state index in [4.69, 9.17) is 9.72 Å². The van der Waals surface area contributed by atoms with Crippen LogP contribution in [-0.2, 0) is 4.74 Å². The smallest absolute Gasteiger partial charge is 0.186 e. The first-order valence-corrected chi connectivity index (χ1v) is 10.3. The first-order chi connectivity index (χ1) is 11.9. The molecule has 0 unspecified atom stereocenters. The Bertz CT molecular complexity index is 671. The molecular formula is C17H22N4OS2. The SMILES string of the molecule is C(=NN1CCOCC1)c1sc(N2CCCCC2)nc1-c1cccs1. The molecule has 0 saturated carbocycles. The van der Waals surface area contributed by atoms with Crippen LogP contribution in [0.2, 0.25) is 0 Å². The molecule has 2 aromatic rings. The van der Waals surface area contributed by atoms with Crippen molar-refractivity contribution in [1.29, 1.82) is 0 Å². The predicted molar refractivity (Wildman–Crippen MR) is 101 cm³/mol. The van der Waals surface area contributed by atoms with E-state index < -0.39 is 0 Å². The third-order valence-corrected chi connectivity index (χ3v) is 6.28. The minimum atomic E-state index is 0.761. The Labute approximate surface area is 150 Å². The first kappa shape index (κ1) is 16.1. The van der Waals surface area contributed by atoms with Crippen LogP contribution >= 0.6 is 22.7 Å². The number of hydrogen-bond donors (Lipinski definition) is 0. The van der Waals surface area contributed by atoms with Gasteiger partial charge in [-0.3, -0.25) is 5.01 Å². The largest absolute Gasteiger partial charge is 0.378 e. The molecule has 4 heterocycles. The number of nitrogens with zero attached hydrogens (tertiary/aromatic N) is 4. The highest BCUT2D eigenvalue weighted by molar-refractivity contribution is 7.18. The molecule has 128 valence electrons. The summed E-state index contributed by atoms with van der Waals surface area (Å²) in [5, 5.41) is 10.0. The van der Waals surface area contributed by atoms with Gasteiger partial charge in [0.1, 0.15) is 5.69 Å². The van der Waals surface area contributed by atoms with Gasteiger partial charge in [0.05, 0.1) is 42.3 Å². The normalized spacial score (nSPS) is 19.3. The number of anilines is 1. The standard InChI is InChI=1S/C17H22N4OS2/c1-2-6-20(7-3-1)17-19-16(14-5-4-12-23-14)15(24-17)13-18-21-8-10-22-11-9-21/h4-5,12-13H,1-3,6-11H2. The summed E-state index contributed by atoms with van der Waals surface area (Å²) in [6, 6.07) is 4.23. The Balaban J connectivity index is 1.60. The van der Waals surface area contributed by atoms with Crippen molar-refractivity contribution in [3.8, 4) is 10.6 Å². The van der Waals surface area contributed by atoms with Crippen LogP contribution < -0.4 is 4.90 Å². The van der Waals surface area contributed by atoms with Crippen molar-refractivity contribution in [3.05, 3.63) is 22.4 Å². The van der Waals surface area contributed by atoms with Gasteiger partial charge < -0.3 is 9.64 Å². The number of hydrogen-bond acceptors (Lipinski definition) is 7. The molecule has 0 radical (unpaired) electrons. The van der Waals surface area contributed by atoms with Gasteiger partial charge in [0.15, 0.2) is 5.13 Å². The lowest BCUT2D eigenvalue weighted by molar-refractivity contribution is 0.0397. The summed E-state index contributed by atoms with van der Waals surface area (Å²) in [6.07, 6.45) is 5.87. The minimum Gasteiger partial charge on any atom is -0.378 e. The quantitative estimate of drug-likeness (QED) is 0.780. The second-order valence-electron chi connectivity index (χ2n) is 6.04. The van der Waals surface area contributed by atoms with Crippen molar-refractivity contribution in [1.82, 2.24) is 9.99 Å². The van der Waals surface area contributed by atoms with Crippen molar-refractivity contribution in [2.45, 2.75) is 19.3 Å². The number of morpholine rings is 1. The van der Waals surface area contributed by atoms with E-state index in [0.29, 0.717) is 0 Å². The van der Waals surface area contributed by atoms with Gasteiger partial charge in [-0.25, -0.2) is 4.98 Å². The van der Waals surface area contributed by atoms with E-state index in [-0.39, 0.29) is 0 Å². The summed E-state index contributed by atoms with van der Waals surface area (Å²) < 4.78 is 5.39. The molecule has 2 aliphatic heterocycles. The Morgan fingerprint density at radius 1 is 1.12 bits per heavy atom. The number of hydrazone groups is 1. The molecule has 2 aliphatic rings. The molecule has 5 nitrogen and oxygen atoms in total. The van der Waals surface area contributed by atoms with E-state index in [0.717, 1.165) is 55.1 Å². The zero-order valence-corrected chi connectivity index (χ0v) is 15.3. The van der Waals surface area contributed by atoms with Crippen LogP contribution in [0.5, 0.6) is 0 Å². The van der Waals surface area contributed by atoms with E-state index in [9.17, 15) is 0 Å². The van der Waals surface area contributed by atoms with Gasteiger partial charge in [-0.05, 0) is 30.7 Å². The molecule has 0 amide bonds. The van der Waals surface area contributed by atoms with Gasteiger partial charge in [-0.1, -0.05) is 17.4 Å². The van der Waals surface area contributed by atoms with Crippen molar-refractivity contribution >= 4 is 34.0 Å². The van der Waals surface area contributed by atoms with Crippen LogP contribution in [0, 0.1) is 0 Å². The number of ether oxygens (including phenoxy) is 1. The van der Waals surface area contributed by atoms with Gasteiger partial charge >= 0.3 is 0 Å². The second-order valence-corrected chi connectivity index (χ2v) is 8.00. The fraction of sp³-hybridized carbons (Fsp3) is 0.529. The van der Waals surface area contributed by atoms with Crippen molar-refractivity contribution < 1.29 is 4.74 Å². The number of rotatable bonds is 4. The van der Waals surface area contributed by atoms with Gasteiger partial charge in [0, 0.05) is 13.1 Å². The summed E-state index contributed by atoms with van der Waals surface area (Å²) in [4.78, 5) is 9.77. The van der Waals surface area contributed by atoms with Crippen molar-refractivity contribution in [2.75, 3.05) is 44.3 Å². The van der Waals surface area contributed by atoms with Crippen LogP contribution in [-0.4, -0.2) is 55.6 Å². The second kappa shape index (κ2) is 7.63. The van der Waals surface area contributed by atoms with E-state index >= 15 is 0 Å². The van der Waals surface area contributed by atoms with Gasteiger partial charge in [0.25, 0.3) is 0 Å². The summed E-state index contributed by atoms with van der Waals surface area (Å²) >= 11 is 3.51. The highest BCUT2D eigenvalue weighted by atomic mass is 32.1. The number of thiophene rings is 1. The van der Waals surface area contributed by atoms with Crippen LogP contribution in [0.15, 0.2) is 22.6 Å². The van der Waals surface area contributed by atoms with E-state index in [2.05, 4.69) is 32.5 Å². The summed E-state index contributed by atoms with van der Waals surface area (Å²) in [5.41, 5.74) is 1.08. The van der Waals surface area contributed by atoms with Crippen LogP contribution in [0.1, 0.15) is 24.1 Å². The van der Waals surface area contributed by atoms with E-state index in [1.165, 1.54) is 24.1 Å². The minimum absolute atomic E-state index is 0.761. The lowest BCUT2D eigenvalue weighted by atomic mass is 10.1. The molecule has 0 spiro atoms. The maximum Gasteiger partial charge on any atom is 0.186 e. The zero-order chi connectivity index (χ0) is 16.2. The molecule has 2 fully saturated rings. The number of aromatic nitrogens is 1. The van der Waals surface area contributed by atoms with E-state index in [1.807, 2.05) is 6.21 Å². The third kappa shape index (κ3) is 3.63. The molecule has 0 bridgehead atoms. The van der Waals surface area contributed by atoms with Crippen LogP contribution in [0.25, 0.3) is 10.6 Å². The van der Waals surface area contributed by atoms with Gasteiger partial charge in [0.2, 0.25) is 0 Å². The maximum atomic E-state index is 5.39. The van der Waals surface area contributed by atoms with Gasteiger partial charge in [-0.15, -0.1) is 11.3 Å².